The number of nitrogens with zero attached hydrogens (tertiary/aromatic N) is 2. The highest BCUT2D eigenvalue weighted by molar-refractivity contribution is 6.33. The third kappa shape index (κ3) is 3.69. The van der Waals surface area contributed by atoms with Gasteiger partial charge in [-0.1, -0.05) is 11.6 Å². The Morgan fingerprint density at radius 3 is 3.00 bits per heavy atom. The van der Waals surface area contributed by atoms with Crippen molar-refractivity contribution in [2.45, 2.75) is 12.8 Å². The van der Waals surface area contributed by atoms with Gasteiger partial charge < -0.3 is 11.1 Å². The number of H-pyrrole nitrogens is 1. The number of aromatic nitrogens is 3. The van der Waals surface area contributed by atoms with Crippen molar-refractivity contribution in [2.75, 3.05) is 12.3 Å². The maximum Gasteiger partial charge on any atom is 0.251 e. The van der Waals surface area contributed by atoms with E-state index in [1.165, 1.54) is 6.33 Å². The molecule has 0 saturated heterocycles. The van der Waals surface area contributed by atoms with Crippen LogP contribution in [0.5, 0.6) is 0 Å². The maximum atomic E-state index is 11.8. The number of hydrogen-bond acceptors (Lipinski definition) is 4. The number of halogens is 1. The molecule has 0 aliphatic carbocycles. The first-order valence-corrected chi connectivity index (χ1v) is 6.22. The van der Waals surface area contributed by atoms with Crippen LogP contribution in [-0.2, 0) is 6.42 Å². The molecule has 100 valence electrons. The average molecular weight is 280 g/mol. The van der Waals surface area contributed by atoms with Gasteiger partial charge in [0.1, 0.15) is 12.2 Å². The zero-order valence-electron chi connectivity index (χ0n) is 10.2. The number of hydrogen-bond donors (Lipinski definition) is 3. The molecule has 0 aliphatic heterocycles. The number of nitrogens with two attached hydrogens (primary N) is 1. The summed E-state index contributed by atoms with van der Waals surface area (Å²) in [5.74, 6) is 0.643. The molecule has 7 heteroatoms. The zero-order chi connectivity index (χ0) is 13.7. The molecule has 6 nitrogen and oxygen atoms in total. The van der Waals surface area contributed by atoms with Crippen LogP contribution in [0.15, 0.2) is 24.5 Å². The molecule has 0 spiro atoms. The first-order valence-electron chi connectivity index (χ1n) is 5.84. The molecule has 2 rings (SSSR count). The van der Waals surface area contributed by atoms with E-state index in [0.29, 0.717) is 22.8 Å². The van der Waals surface area contributed by atoms with Gasteiger partial charge in [0, 0.05) is 18.5 Å². The number of nitrogens with one attached hydrogen (secondary N) is 2. The van der Waals surface area contributed by atoms with Crippen LogP contribution in [0.25, 0.3) is 0 Å². The van der Waals surface area contributed by atoms with E-state index < -0.39 is 0 Å². The predicted octanol–water partition coefficient (Wildman–Crippen LogP) is 1.40. The van der Waals surface area contributed by atoms with E-state index in [-0.39, 0.29) is 5.91 Å². The number of aromatic amines is 1. The minimum absolute atomic E-state index is 0.167. The Morgan fingerprint density at radius 2 is 2.32 bits per heavy atom. The average Bonchev–Trinajstić information content (AvgIpc) is 2.91. The molecule has 0 unspecified atom stereocenters. The van der Waals surface area contributed by atoms with Crippen molar-refractivity contribution >= 4 is 23.2 Å². The fraction of sp³-hybridized carbons (Fsp3) is 0.250. The summed E-state index contributed by atoms with van der Waals surface area (Å²) in [5.41, 5.74) is 6.55. The molecule has 1 aromatic carbocycles. The lowest BCUT2D eigenvalue weighted by atomic mass is 10.2. The largest absolute Gasteiger partial charge is 0.398 e. The topological polar surface area (TPSA) is 96.7 Å². The van der Waals surface area contributed by atoms with Gasteiger partial charge in [-0.3, -0.25) is 9.89 Å². The Bertz CT molecular complexity index is 555. The zero-order valence-corrected chi connectivity index (χ0v) is 10.9. The van der Waals surface area contributed by atoms with Gasteiger partial charge in [0.2, 0.25) is 0 Å². The van der Waals surface area contributed by atoms with Crippen LogP contribution in [0, 0.1) is 0 Å². The van der Waals surface area contributed by atoms with E-state index in [1.807, 2.05) is 0 Å². The lowest BCUT2D eigenvalue weighted by Gasteiger charge is -2.05. The summed E-state index contributed by atoms with van der Waals surface area (Å²) in [5, 5.41) is 9.71. The van der Waals surface area contributed by atoms with E-state index in [2.05, 4.69) is 20.5 Å². The smallest absolute Gasteiger partial charge is 0.251 e. The molecule has 0 atom stereocenters. The Balaban J connectivity index is 1.79. The Hall–Kier alpha value is -2.08. The van der Waals surface area contributed by atoms with Crippen LogP contribution < -0.4 is 11.1 Å². The normalized spacial score (nSPS) is 10.4. The Morgan fingerprint density at radius 1 is 1.47 bits per heavy atom. The van der Waals surface area contributed by atoms with Crippen molar-refractivity contribution in [3.05, 3.63) is 40.9 Å². The second kappa shape index (κ2) is 6.19. The van der Waals surface area contributed by atoms with Crippen molar-refractivity contribution in [2.24, 2.45) is 0 Å². The molecule has 19 heavy (non-hydrogen) atoms. The first kappa shape index (κ1) is 13.4. The third-order valence-electron chi connectivity index (χ3n) is 2.60. The quantitative estimate of drug-likeness (QED) is 0.569. The summed E-state index contributed by atoms with van der Waals surface area (Å²) in [6.07, 6.45) is 2.98. The van der Waals surface area contributed by atoms with Gasteiger partial charge in [0.25, 0.3) is 5.91 Å². The van der Waals surface area contributed by atoms with E-state index in [4.69, 9.17) is 17.3 Å². The van der Waals surface area contributed by atoms with Gasteiger partial charge in [0.05, 0.1) is 10.7 Å². The van der Waals surface area contributed by atoms with Gasteiger partial charge in [-0.25, -0.2) is 4.98 Å². The predicted molar refractivity (Wildman–Crippen MR) is 72.9 cm³/mol. The maximum absolute atomic E-state index is 11.8. The number of carbonyl (C=O) groups is 1. The van der Waals surface area contributed by atoms with Crippen molar-refractivity contribution < 1.29 is 4.79 Å². The summed E-state index contributed by atoms with van der Waals surface area (Å²) < 4.78 is 0. The summed E-state index contributed by atoms with van der Waals surface area (Å²) in [6, 6.07) is 4.82. The van der Waals surface area contributed by atoms with Crippen LogP contribution in [-0.4, -0.2) is 27.6 Å². The molecule has 1 heterocycles. The van der Waals surface area contributed by atoms with Gasteiger partial charge in [0.15, 0.2) is 0 Å². The highest BCUT2D eigenvalue weighted by atomic mass is 35.5. The fourth-order valence-electron chi connectivity index (χ4n) is 1.58. The van der Waals surface area contributed by atoms with Gasteiger partial charge in [-0.15, -0.1) is 0 Å². The minimum atomic E-state index is -0.167. The van der Waals surface area contributed by atoms with E-state index in [9.17, 15) is 4.79 Å². The molecule has 4 N–H and O–H groups in total. The summed E-state index contributed by atoms with van der Waals surface area (Å²) in [7, 11) is 0. The van der Waals surface area contributed by atoms with Crippen molar-refractivity contribution in [1.29, 1.82) is 0 Å². The number of aryl methyl sites for hydroxylation is 1. The molecular weight excluding hydrogens is 266 g/mol. The molecule has 0 saturated carbocycles. The number of benzene rings is 1. The Labute approximate surface area is 115 Å². The van der Waals surface area contributed by atoms with E-state index in [0.717, 1.165) is 18.7 Å². The molecule has 0 radical (unpaired) electrons. The second-order valence-corrected chi connectivity index (χ2v) is 4.44. The number of rotatable bonds is 5. The molecule has 2 aromatic rings. The number of anilines is 1. The summed E-state index contributed by atoms with van der Waals surface area (Å²) in [6.45, 7) is 0.557. The van der Waals surface area contributed by atoms with E-state index >= 15 is 0 Å². The molecule has 0 bridgehead atoms. The van der Waals surface area contributed by atoms with Gasteiger partial charge in [-0.05, 0) is 24.6 Å². The summed E-state index contributed by atoms with van der Waals surface area (Å²) >= 11 is 5.86. The monoisotopic (exact) mass is 279 g/mol. The second-order valence-electron chi connectivity index (χ2n) is 4.03. The molecule has 0 fully saturated rings. The molecule has 1 amide bonds. The van der Waals surface area contributed by atoms with E-state index in [1.54, 1.807) is 18.2 Å². The lowest BCUT2D eigenvalue weighted by molar-refractivity contribution is 0.0953. The van der Waals surface area contributed by atoms with Crippen LogP contribution in [0.2, 0.25) is 5.02 Å². The number of amides is 1. The molecular formula is C12H14ClN5O. The summed E-state index contributed by atoms with van der Waals surface area (Å²) in [4.78, 5) is 15.8. The third-order valence-corrected chi connectivity index (χ3v) is 2.93. The van der Waals surface area contributed by atoms with Crippen molar-refractivity contribution in [3.8, 4) is 0 Å². The van der Waals surface area contributed by atoms with Crippen LogP contribution in [0.1, 0.15) is 22.6 Å². The standard InChI is InChI=1S/C12H14ClN5O/c13-9-6-8(3-4-10(9)14)12(19)15-5-1-2-11-16-7-17-18-11/h3-4,6-7H,1-2,5,14H2,(H,15,19)(H,16,17,18). The van der Waals surface area contributed by atoms with Crippen LogP contribution in [0.4, 0.5) is 5.69 Å². The molecule has 0 aliphatic rings. The highest BCUT2D eigenvalue weighted by Crippen LogP contribution is 2.19. The van der Waals surface area contributed by atoms with Crippen molar-refractivity contribution in [3.63, 3.8) is 0 Å². The first-order chi connectivity index (χ1) is 9.16. The number of carbonyl (C=O) groups excluding carboxylic acids is 1. The lowest BCUT2D eigenvalue weighted by Crippen LogP contribution is -2.24. The van der Waals surface area contributed by atoms with Gasteiger partial charge in [-0.2, -0.15) is 5.10 Å². The van der Waals surface area contributed by atoms with Crippen LogP contribution in [0.3, 0.4) is 0 Å². The molecule has 1 aromatic heterocycles. The SMILES string of the molecule is Nc1ccc(C(=O)NCCCc2ncn[nH]2)cc1Cl. The van der Waals surface area contributed by atoms with Crippen molar-refractivity contribution in [1.82, 2.24) is 20.5 Å². The van der Waals surface area contributed by atoms with Gasteiger partial charge >= 0.3 is 0 Å². The Kier molecular flexibility index (Phi) is 4.35. The van der Waals surface area contributed by atoms with Crippen LogP contribution >= 0.6 is 11.6 Å². The minimum Gasteiger partial charge on any atom is -0.398 e. The highest BCUT2D eigenvalue weighted by Gasteiger charge is 2.07. The number of nitrogen functional groups attached to an aromatic ring is 1. The fourth-order valence-corrected chi connectivity index (χ4v) is 1.76.